The van der Waals surface area contributed by atoms with Crippen LogP contribution in [0.25, 0.3) is 17.4 Å². The smallest absolute Gasteiger partial charge is 0.336 e. The number of imide groups is 2. The Morgan fingerprint density at radius 3 is 2.62 bits per heavy atom. The number of hydrogen-bond acceptors (Lipinski definition) is 5. The lowest BCUT2D eigenvalue weighted by Gasteiger charge is -2.27. The van der Waals surface area contributed by atoms with Gasteiger partial charge in [-0.3, -0.25) is 14.9 Å². The second kappa shape index (κ2) is 8.84. The summed E-state index contributed by atoms with van der Waals surface area (Å²) in [5, 5.41) is 2.21. The van der Waals surface area contributed by atoms with Crippen molar-refractivity contribution in [3.63, 3.8) is 0 Å². The van der Waals surface area contributed by atoms with Crippen molar-refractivity contribution in [2.75, 3.05) is 11.5 Å². The Morgan fingerprint density at radius 1 is 1.09 bits per heavy atom. The summed E-state index contributed by atoms with van der Waals surface area (Å²) in [5.41, 5.74) is 1.96. The van der Waals surface area contributed by atoms with Crippen LogP contribution in [0.15, 0.2) is 69.1 Å². The molecule has 0 spiro atoms. The molecule has 4 rings (SSSR count). The van der Waals surface area contributed by atoms with Crippen molar-refractivity contribution in [3.05, 3.63) is 76.0 Å². The zero-order valence-electron chi connectivity index (χ0n) is 17.3. The average molecular weight is 495 g/mol. The number of carbonyl (C=O) groups excluding carboxylic acids is 3. The zero-order chi connectivity index (χ0) is 22.8. The minimum Gasteiger partial charge on any atom is -0.492 e. The molecule has 7 nitrogen and oxygen atoms in total. The van der Waals surface area contributed by atoms with Gasteiger partial charge in [-0.2, -0.15) is 0 Å². The second-order valence-electron chi connectivity index (χ2n) is 7.04. The molecule has 2 aromatic carbocycles. The summed E-state index contributed by atoms with van der Waals surface area (Å²) < 4.78 is 12.3. The van der Waals surface area contributed by atoms with E-state index >= 15 is 0 Å². The number of nitrogens with one attached hydrogen (secondary N) is 1. The summed E-state index contributed by atoms with van der Waals surface area (Å²) in [6.45, 7) is 4.13. The molecule has 162 valence electrons. The summed E-state index contributed by atoms with van der Waals surface area (Å²) in [6, 6.07) is 15.0. The van der Waals surface area contributed by atoms with Crippen LogP contribution in [0.5, 0.6) is 5.75 Å². The molecule has 0 saturated carbocycles. The number of halogens is 1. The summed E-state index contributed by atoms with van der Waals surface area (Å²) in [6.07, 6.45) is 1.33. The number of barbiturate groups is 1. The van der Waals surface area contributed by atoms with Gasteiger partial charge >= 0.3 is 6.03 Å². The highest BCUT2D eigenvalue weighted by atomic mass is 79.9. The number of para-hydroxylation sites is 2. The molecule has 1 saturated heterocycles. The summed E-state index contributed by atoms with van der Waals surface area (Å²) in [4.78, 5) is 39.0. The minimum atomic E-state index is -0.840. The first-order valence-electron chi connectivity index (χ1n) is 9.88. The van der Waals surface area contributed by atoms with E-state index in [2.05, 4.69) is 21.2 Å². The zero-order valence-corrected chi connectivity index (χ0v) is 18.9. The first-order chi connectivity index (χ1) is 15.4. The molecule has 1 N–H and O–H groups in total. The number of urea groups is 1. The van der Waals surface area contributed by atoms with Gasteiger partial charge in [-0.25, -0.2) is 9.69 Å². The maximum absolute atomic E-state index is 13.1. The number of hydrogen-bond donors (Lipinski definition) is 1. The van der Waals surface area contributed by atoms with Crippen LogP contribution in [0.1, 0.15) is 18.2 Å². The number of furan rings is 1. The van der Waals surface area contributed by atoms with Crippen LogP contribution in [-0.4, -0.2) is 24.5 Å². The molecule has 2 heterocycles. The Hall–Kier alpha value is -3.65. The van der Waals surface area contributed by atoms with E-state index in [4.69, 9.17) is 9.15 Å². The summed E-state index contributed by atoms with van der Waals surface area (Å²) in [7, 11) is 0. The fourth-order valence-corrected chi connectivity index (χ4v) is 4.02. The predicted octanol–water partition coefficient (Wildman–Crippen LogP) is 5.08. The summed E-state index contributed by atoms with van der Waals surface area (Å²) in [5.74, 6) is -0.322. The SMILES string of the molecule is CCOc1ccccc1N1C(=O)NC(=O)/C(=C/c2ccc(-c3ccc(C)cc3Br)o2)C1=O. The topological polar surface area (TPSA) is 88.8 Å². The Bertz CT molecular complexity index is 1260. The molecule has 8 heteroatoms. The van der Waals surface area contributed by atoms with Crippen LogP contribution in [0.3, 0.4) is 0 Å². The molecule has 3 aromatic rings. The van der Waals surface area contributed by atoms with E-state index in [0.29, 0.717) is 23.9 Å². The number of aryl methyl sites for hydroxylation is 1. The molecule has 0 bridgehead atoms. The lowest BCUT2D eigenvalue weighted by Crippen LogP contribution is -2.54. The number of ether oxygens (including phenoxy) is 1. The van der Waals surface area contributed by atoms with Gasteiger partial charge in [0.2, 0.25) is 0 Å². The van der Waals surface area contributed by atoms with Crippen molar-refractivity contribution in [3.8, 4) is 17.1 Å². The minimum absolute atomic E-state index is 0.222. The van der Waals surface area contributed by atoms with Crippen LogP contribution < -0.4 is 15.0 Å². The molecule has 1 fully saturated rings. The maximum atomic E-state index is 13.1. The Morgan fingerprint density at radius 2 is 1.88 bits per heavy atom. The highest BCUT2D eigenvalue weighted by Gasteiger charge is 2.38. The van der Waals surface area contributed by atoms with Gasteiger partial charge in [0, 0.05) is 10.0 Å². The van der Waals surface area contributed by atoms with Crippen LogP contribution in [-0.2, 0) is 9.59 Å². The number of rotatable bonds is 5. The van der Waals surface area contributed by atoms with Gasteiger partial charge in [-0.1, -0.05) is 34.1 Å². The number of carbonyl (C=O) groups is 3. The van der Waals surface area contributed by atoms with Gasteiger partial charge in [0.25, 0.3) is 11.8 Å². The second-order valence-corrected chi connectivity index (χ2v) is 7.90. The Balaban J connectivity index is 1.69. The first-order valence-corrected chi connectivity index (χ1v) is 10.7. The van der Waals surface area contributed by atoms with Gasteiger partial charge in [0.1, 0.15) is 22.8 Å². The van der Waals surface area contributed by atoms with Crippen molar-refractivity contribution >= 4 is 45.5 Å². The van der Waals surface area contributed by atoms with Gasteiger partial charge < -0.3 is 9.15 Å². The van der Waals surface area contributed by atoms with Crippen LogP contribution in [0.2, 0.25) is 0 Å². The predicted molar refractivity (Wildman–Crippen MR) is 123 cm³/mol. The van der Waals surface area contributed by atoms with Crippen molar-refractivity contribution in [1.82, 2.24) is 5.32 Å². The van der Waals surface area contributed by atoms with Gasteiger partial charge in [0.15, 0.2) is 0 Å². The molecule has 0 unspecified atom stereocenters. The molecule has 32 heavy (non-hydrogen) atoms. The van der Waals surface area contributed by atoms with Gasteiger partial charge in [-0.15, -0.1) is 0 Å². The van der Waals surface area contributed by atoms with Crippen molar-refractivity contribution < 1.29 is 23.5 Å². The van der Waals surface area contributed by atoms with E-state index in [1.54, 1.807) is 43.3 Å². The fourth-order valence-electron chi connectivity index (χ4n) is 3.33. The van der Waals surface area contributed by atoms with E-state index in [1.165, 1.54) is 6.08 Å². The fraction of sp³-hybridized carbons (Fsp3) is 0.125. The Kier molecular flexibility index (Phi) is 5.96. The monoisotopic (exact) mass is 494 g/mol. The van der Waals surface area contributed by atoms with Crippen LogP contribution >= 0.6 is 15.9 Å². The quantitative estimate of drug-likeness (QED) is 0.394. The van der Waals surface area contributed by atoms with Crippen LogP contribution in [0.4, 0.5) is 10.5 Å². The van der Waals surface area contributed by atoms with Crippen molar-refractivity contribution in [1.29, 1.82) is 0 Å². The largest absolute Gasteiger partial charge is 0.492 e. The highest BCUT2D eigenvalue weighted by Crippen LogP contribution is 2.33. The standard InChI is InChI=1S/C24H19BrN2O5/c1-3-31-21-7-5-4-6-19(21)27-23(29)17(22(28)26-24(27)30)13-15-9-11-20(32-15)16-10-8-14(2)12-18(16)25/h4-13H,3H2,1-2H3,(H,26,28,30)/b17-13-. The van der Waals surface area contributed by atoms with Gasteiger partial charge in [0.05, 0.1) is 12.3 Å². The third kappa shape index (κ3) is 4.09. The lowest BCUT2D eigenvalue weighted by atomic mass is 10.1. The van der Waals surface area contributed by atoms with Gasteiger partial charge in [-0.05, 0) is 61.9 Å². The maximum Gasteiger partial charge on any atom is 0.336 e. The number of anilines is 1. The Labute approximate surface area is 192 Å². The van der Waals surface area contributed by atoms with E-state index in [-0.39, 0.29) is 11.3 Å². The van der Waals surface area contributed by atoms with Crippen molar-refractivity contribution in [2.24, 2.45) is 0 Å². The van der Waals surface area contributed by atoms with E-state index in [0.717, 1.165) is 20.5 Å². The molecule has 0 aliphatic carbocycles. The van der Waals surface area contributed by atoms with E-state index in [1.807, 2.05) is 25.1 Å². The molecule has 4 amide bonds. The number of nitrogens with zero attached hydrogens (tertiary/aromatic N) is 1. The molecule has 1 aromatic heterocycles. The normalized spacial score (nSPS) is 15.3. The molecular weight excluding hydrogens is 476 g/mol. The third-order valence-corrected chi connectivity index (χ3v) is 5.47. The molecular formula is C24H19BrN2O5. The van der Waals surface area contributed by atoms with E-state index < -0.39 is 17.8 Å². The molecule has 0 radical (unpaired) electrons. The van der Waals surface area contributed by atoms with Crippen molar-refractivity contribution in [2.45, 2.75) is 13.8 Å². The molecule has 1 aliphatic heterocycles. The first kappa shape index (κ1) is 21.6. The average Bonchev–Trinajstić information content (AvgIpc) is 3.21. The van der Waals surface area contributed by atoms with E-state index in [9.17, 15) is 14.4 Å². The van der Waals surface area contributed by atoms with Crippen LogP contribution in [0, 0.1) is 6.92 Å². The highest BCUT2D eigenvalue weighted by molar-refractivity contribution is 9.10. The lowest BCUT2D eigenvalue weighted by molar-refractivity contribution is -0.122. The third-order valence-electron chi connectivity index (χ3n) is 4.81. The summed E-state index contributed by atoms with van der Waals surface area (Å²) >= 11 is 3.52. The number of benzene rings is 2. The number of amides is 4. The molecule has 1 aliphatic rings. The molecule has 0 atom stereocenters.